The molecule has 0 aliphatic heterocycles. The first-order valence-electron chi connectivity index (χ1n) is 9.61. The zero-order valence-electron chi connectivity index (χ0n) is 15.6. The fourth-order valence-electron chi connectivity index (χ4n) is 4.56. The number of rotatable bonds is 4. The topological polar surface area (TPSA) is 84.2 Å². The molecule has 0 saturated heterocycles. The average molecular weight is 420 g/mol. The van der Waals surface area contributed by atoms with Crippen molar-refractivity contribution in [1.29, 1.82) is 0 Å². The Bertz CT molecular complexity index is 796. The molecule has 28 heavy (non-hydrogen) atoms. The SMILES string of the molecule is Cl.NC1CC2CCCC(C1)C2NC(=O)c1ccc(NC(=O)c2cccs2)cc1. The van der Waals surface area contributed by atoms with Crippen molar-refractivity contribution < 1.29 is 9.59 Å². The monoisotopic (exact) mass is 419 g/mol. The van der Waals surface area contributed by atoms with Gasteiger partial charge in [0.2, 0.25) is 0 Å². The quantitative estimate of drug-likeness (QED) is 0.698. The number of thiophene rings is 1. The maximum atomic E-state index is 12.7. The number of anilines is 1. The largest absolute Gasteiger partial charge is 0.349 e. The van der Waals surface area contributed by atoms with Crippen LogP contribution < -0.4 is 16.4 Å². The van der Waals surface area contributed by atoms with Crippen LogP contribution in [-0.2, 0) is 0 Å². The van der Waals surface area contributed by atoms with Gasteiger partial charge in [-0.25, -0.2) is 0 Å². The summed E-state index contributed by atoms with van der Waals surface area (Å²) in [7, 11) is 0. The predicted molar refractivity (Wildman–Crippen MR) is 115 cm³/mol. The van der Waals surface area contributed by atoms with Gasteiger partial charge in [0.1, 0.15) is 0 Å². The molecule has 4 N–H and O–H groups in total. The molecule has 2 unspecified atom stereocenters. The molecule has 2 aromatic rings. The molecule has 2 amide bonds. The van der Waals surface area contributed by atoms with E-state index in [1.807, 2.05) is 11.4 Å². The number of benzene rings is 1. The average Bonchev–Trinajstić information content (AvgIpc) is 3.18. The molecule has 2 fully saturated rings. The van der Waals surface area contributed by atoms with Gasteiger partial charge in [-0.15, -0.1) is 23.7 Å². The Morgan fingerprint density at radius 2 is 1.68 bits per heavy atom. The van der Waals surface area contributed by atoms with Gasteiger partial charge < -0.3 is 16.4 Å². The fraction of sp³-hybridized carbons (Fsp3) is 0.429. The van der Waals surface area contributed by atoms with Crippen molar-refractivity contribution in [3.8, 4) is 0 Å². The number of nitrogens with two attached hydrogens (primary N) is 1. The maximum absolute atomic E-state index is 12.7. The number of carbonyl (C=O) groups excluding carboxylic acids is 2. The molecular weight excluding hydrogens is 394 g/mol. The number of halogens is 1. The minimum atomic E-state index is -0.131. The lowest BCUT2D eigenvalue weighted by molar-refractivity contribution is 0.0756. The van der Waals surface area contributed by atoms with Gasteiger partial charge in [0, 0.05) is 23.3 Å². The number of fused-ring (bicyclic) bond motifs is 2. The number of hydrogen-bond donors (Lipinski definition) is 3. The van der Waals surface area contributed by atoms with Crippen LogP contribution in [0.25, 0.3) is 0 Å². The summed E-state index contributed by atoms with van der Waals surface area (Å²) in [5, 5.41) is 7.99. The van der Waals surface area contributed by atoms with Crippen LogP contribution in [0.15, 0.2) is 41.8 Å². The molecule has 0 radical (unpaired) electrons. The van der Waals surface area contributed by atoms with Gasteiger partial charge >= 0.3 is 0 Å². The lowest BCUT2D eigenvalue weighted by Gasteiger charge is -2.45. The summed E-state index contributed by atoms with van der Waals surface area (Å²) >= 11 is 1.40. The number of nitrogens with one attached hydrogen (secondary N) is 2. The van der Waals surface area contributed by atoms with Crippen molar-refractivity contribution in [3.63, 3.8) is 0 Å². The van der Waals surface area contributed by atoms with Crippen molar-refractivity contribution in [1.82, 2.24) is 5.32 Å². The van der Waals surface area contributed by atoms with Gasteiger partial charge in [0.15, 0.2) is 0 Å². The van der Waals surface area contributed by atoms with E-state index in [0.717, 1.165) is 25.7 Å². The number of hydrogen-bond acceptors (Lipinski definition) is 4. The van der Waals surface area contributed by atoms with Gasteiger partial charge in [-0.1, -0.05) is 12.5 Å². The lowest BCUT2D eigenvalue weighted by Crippen LogP contribution is -2.53. The Morgan fingerprint density at radius 3 is 2.29 bits per heavy atom. The zero-order chi connectivity index (χ0) is 18.8. The van der Waals surface area contributed by atoms with E-state index in [2.05, 4.69) is 10.6 Å². The molecule has 2 aliphatic carbocycles. The molecule has 1 heterocycles. The normalized spacial score (nSPS) is 26.0. The molecule has 1 aromatic heterocycles. The molecule has 150 valence electrons. The van der Waals surface area contributed by atoms with E-state index in [9.17, 15) is 9.59 Å². The Balaban J connectivity index is 0.00000225. The maximum Gasteiger partial charge on any atom is 0.265 e. The van der Waals surface area contributed by atoms with Crippen LogP contribution in [-0.4, -0.2) is 23.9 Å². The molecule has 2 atom stereocenters. The molecule has 4 rings (SSSR count). The molecule has 7 heteroatoms. The van der Waals surface area contributed by atoms with E-state index in [-0.39, 0.29) is 36.3 Å². The molecule has 2 bridgehead atoms. The van der Waals surface area contributed by atoms with Crippen LogP contribution in [0.5, 0.6) is 0 Å². The lowest BCUT2D eigenvalue weighted by atomic mass is 9.67. The van der Waals surface area contributed by atoms with E-state index in [0.29, 0.717) is 28.0 Å². The highest BCUT2D eigenvalue weighted by Crippen LogP contribution is 2.39. The first-order chi connectivity index (χ1) is 13.1. The van der Waals surface area contributed by atoms with Crippen LogP contribution in [0.4, 0.5) is 5.69 Å². The van der Waals surface area contributed by atoms with Gasteiger partial charge in [0.25, 0.3) is 11.8 Å². The highest BCUT2D eigenvalue weighted by atomic mass is 35.5. The smallest absolute Gasteiger partial charge is 0.265 e. The summed E-state index contributed by atoms with van der Waals surface area (Å²) < 4.78 is 0. The Labute approximate surface area is 175 Å². The standard InChI is InChI=1S/C21H25N3O2S.ClH/c22-16-11-14-3-1-4-15(12-16)19(14)24-20(25)13-6-8-17(9-7-13)23-21(26)18-5-2-10-27-18;/h2,5-10,14-16,19H,1,3-4,11-12,22H2,(H,23,26)(H,24,25);1H. The van der Waals surface area contributed by atoms with Crippen molar-refractivity contribution in [2.24, 2.45) is 17.6 Å². The molecule has 0 spiro atoms. The predicted octanol–water partition coefficient (Wildman–Crippen LogP) is 4.06. The van der Waals surface area contributed by atoms with E-state index in [1.165, 1.54) is 17.8 Å². The summed E-state index contributed by atoms with van der Waals surface area (Å²) in [4.78, 5) is 25.5. The van der Waals surface area contributed by atoms with Crippen molar-refractivity contribution in [3.05, 3.63) is 52.2 Å². The molecule has 2 saturated carbocycles. The minimum Gasteiger partial charge on any atom is -0.349 e. The summed E-state index contributed by atoms with van der Waals surface area (Å²) in [6.45, 7) is 0. The fourth-order valence-corrected chi connectivity index (χ4v) is 5.18. The highest BCUT2D eigenvalue weighted by molar-refractivity contribution is 7.12. The van der Waals surface area contributed by atoms with Gasteiger partial charge in [0.05, 0.1) is 4.88 Å². The van der Waals surface area contributed by atoms with Crippen LogP contribution in [0, 0.1) is 11.8 Å². The third-order valence-corrected chi connectivity index (χ3v) is 6.69. The number of carbonyl (C=O) groups is 2. The van der Waals surface area contributed by atoms with E-state index >= 15 is 0 Å². The first kappa shape index (κ1) is 20.8. The van der Waals surface area contributed by atoms with Gasteiger partial charge in [-0.05, 0) is 73.2 Å². The van der Waals surface area contributed by atoms with Crippen LogP contribution in [0.1, 0.15) is 52.1 Å². The Kier molecular flexibility index (Phi) is 6.75. The molecular formula is C21H26ClN3O2S. The van der Waals surface area contributed by atoms with Crippen molar-refractivity contribution >= 4 is 41.2 Å². The molecule has 2 aliphatic rings. The molecule has 1 aromatic carbocycles. The van der Waals surface area contributed by atoms with E-state index in [4.69, 9.17) is 5.73 Å². The van der Waals surface area contributed by atoms with Crippen LogP contribution >= 0.6 is 23.7 Å². The Hall–Kier alpha value is -1.89. The van der Waals surface area contributed by atoms with E-state index < -0.39 is 0 Å². The third kappa shape index (κ3) is 4.57. The second-order valence-electron chi connectivity index (χ2n) is 7.69. The summed E-state index contributed by atoms with van der Waals surface area (Å²) in [5.41, 5.74) is 7.48. The van der Waals surface area contributed by atoms with Crippen LogP contribution in [0.2, 0.25) is 0 Å². The van der Waals surface area contributed by atoms with E-state index in [1.54, 1.807) is 30.3 Å². The van der Waals surface area contributed by atoms with Crippen molar-refractivity contribution in [2.45, 2.75) is 44.2 Å². The second-order valence-corrected chi connectivity index (χ2v) is 8.64. The van der Waals surface area contributed by atoms with Crippen molar-refractivity contribution in [2.75, 3.05) is 5.32 Å². The summed E-state index contributed by atoms with van der Waals surface area (Å²) in [5.74, 6) is 0.832. The Morgan fingerprint density at radius 1 is 1.00 bits per heavy atom. The summed E-state index contributed by atoms with van der Waals surface area (Å²) in [6.07, 6.45) is 5.57. The zero-order valence-corrected chi connectivity index (χ0v) is 17.2. The second kappa shape index (κ2) is 9.07. The summed E-state index contributed by atoms with van der Waals surface area (Å²) in [6, 6.07) is 11.2. The highest BCUT2D eigenvalue weighted by Gasteiger charge is 2.39. The van der Waals surface area contributed by atoms with Gasteiger partial charge in [-0.3, -0.25) is 9.59 Å². The minimum absolute atomic E-state index is 0. The van der Waals surface area contributed by atoms with Crippen LogP contribution in [0.3, 0.4) is 0 Å². The number of amides is 2. The first-order valence-corrected chi connectivity index (χ1v) is 10.5. The third-order valence-electron chi connectivity index (χ3n) is 5.82. The molecule has 5 nitrogen and oxygen atoms in total. The van der Waals surface area contributed by atoms with Gasteiger partial charge in [-0.2, -0.15) is 0 Å².